The van der Waals surface area contributed by atoms with Gasteiger partial charge in [0.15, 0.2) is 9.84 Å². The number of benzene rings is 1. The number of aromatic nitrogens is 1. The van der Waals surface area contributed by atoms with Crippen molar-refractivity contribution < 1.29 is 31.1 Å². The highest BCUT2D eigenvalue weighted by molar-refractivity contribution is 7.92. The lowest BCUT2D eigenvalue weighted by atomic mass is 9.97. The Bertz CT molecular complexity index is 983. The Labute approximate surface area is 177 Å². The molecule has 0 bridgehead atoms. The molecular weight excluding hydrogens is 435 g/mol. The number of alkyl halides is 3. The van der Waals surface area contributed by atoms with Crippen LogP contribution in [0.1, 0.15) is 31.2 Å². The summed E-state index contributed by atoms with van der Waals surface area (Å²) >= 11 is 0. The fraction of sp³-hybridized carbons (Fsp3) is 0.400. The Morgan fingerprint density at radius 2 is 1.90 bits per heavy atom. The van der Waals surface area contributed by atoms with Crippen LogP contribution in [-0.4, -0.2) is 37.1 Å². The molecular formula is C20H22F3N3O4S. The summed E-state index contributed by atoms with van der Waals surface area (Å²) in [6, 6.07) is 8.62. The first-order valence-electron chi connectivity index (χ1n) is 9.66. The van der Waals surface area contributed by atoms with Crippen LogP contribution < -0.4 is 10.6 Å². The minimum Gasteiger partial charge on any atom is -0.334 e. The molecule has 1 saturated carbocycles. The van der Waals surface area contributed by atoms with Gasteiger partial charge in [0.1, 0.15) is 0 Å². The van der Waals surface area contributed by atoms with E-state index in [9.17, 15) is 26.4 Å². The second kappa shape index (κ2) is 9.65. The fourth-order valence-corrected chi connectivity index (χ4v) is 5.31. The molecule has 1 heterocycles. The van der Waals surface area contributed by atoms with Gasteiger partial charge in [-0.15, -0.1) is 13.2 Å². The third-order valence-electron chi connectivity index (χ3n) is 4.93. The van der Waals surface area contributed by atoms with Crippen LogP contribution in [0.2, 0.25) is 0 Å². The minimum atomic E-state index is -4.79. The van der Waals surface area contributed by atoms with Crippen molar-refractivity contribution in [3.8, 4) is 0 Å². The molecule has 1 aliphatic carbocycles. The highest BCUT2D eigenvalue weighted by Gasteiger charge is 2.39. The average Bonchev–Trinajstić information content (AvgIpc) is 2.72. The lowest BCUT2D eigenvalue weighted by molar-refractivity contribution is -0.345. The van der Waals surface area contributed by atoms with Gasteiger partial charge in [0.05, 0.1) is 16.2 Å². The van der Waals surface area contributed by atoms with Crippen molar-refractivity contribution >= 4 is 21.6 Å². The van der Waals surface area contributed by atoms with E-state index in [0.717, 1.165) is 5.56 Å². The highest BCUT2D eigenvalue weighted by Crippen LogP contribution is 2.33. The number of carbonyl (C=O) groups excluding carboxylic acids is 1. The summed E-state index contributed by atoms with van der Waals surface area (Å²) in [5, 5.41) is 4.30. The summed E-state index contributed by atoms with van der Waals surface area (Å²) in [5.41, 5.74) is 1.20. The second-order valence-electron chi connectivity index (χ2n) is 7.21. The van der Waals surface area contributed by atoms with Crippen LogP contribution in [0.5, 0.6) is 0 Å². The number of urea groups is 1. The first-order valence-corrected chi connectivity index (χ1v) is 11.2. The smallest absolute Gasteiger partial charge is 0.334 e. The number of hydrogen-bond donors (Lipinski definition) is 2. The molecule has 2 unspecified atom stereocenters. The van der Waals surface area contributed by atoms with Crippen molar-refractivity contribution in [3.63, 3.8) is 0 Å². The quantitative estimate of drug-likeness (QED) is 0.683. The number of carbonyl (C=O) groups is 1. The van der Waals surface area contributed by atoms with Gasteiger partial charge in [0, 0.05) is 24.6 Å². The van der Waals surface area contributed by atoms with Gasteiger partial charge in [0.2, 0.25) is 0 Å². The number of nitrogens with zero attached hydrogens (tertiary/aromatic N) is 1. The molecule has 31 heavy (non-hydrogen) atoms. The number of ether oxygens (including phenoxy) is 1. The number of amides is 2. The Kier molecular flexibility index (Phi) is 7.16. The first-order chi connectivity index (χ1) is 14.6. The molecule has 0 radical (unpaired) electrons. The van der Waals surface area contributed by atoms with E-state index in [1.54, 1.807) is 18.5 Å². The summed E-state index contributed by atoms with van der Waals surface area (Å²) in [6.45, 7) is 0.273. The van der Waals surface area contributed by atoms with Gasteiger partial charge >= 0.3 is 12.4 Å². The topological polar surface area (TPSA) is 97.4 Å². The van der Waals surface area contributed by atoms with E-state index in [0.29, 0.717) is 12.1 Å². The molecule has 2 N–H and O–H groups in total. The zero-order chi connectivity index (χ0) is 22.5. The van der Waals surface area contributed by atoms with E-state index in [2.05, 4.69) is 20.4 Å². The predicted octanol–water partition coefficient (Wildman–Crippen LogP) is 4.02. The number of pyridine rings is 1. The predicted molar refractivity (Wildman–Crippen MR) is 107 cm³/mol. The van der Waals surface area contributed by atoms with Crippen LogP contribution in [0, 0.1) is 0 Å². The minimum absolute atomic E-state index is 0.00789. The molecule has 0 saturated heterocycles. The Hall–Kier alpha value is -2.66. The van der Waals surface area contributed by atoms with Crippen molar-refractivity contribution in [1.29, 1.82) is 0 Å². The highest BCUT2D eigenvalue weighted by atomic mass is 32.2. The van der Waals surface area contributed by atoms with Gasteiger partial charge in [-0.3, -0.25) is 9.72 Å². The molecule has 168 valence electrons. The van der Waals surface area contributed by atoms with Crippen LogP contribution in [0.3, 0.4) is 0 Å². The zero-order valence-corrected chi connectivity index (χ0v) is 17.2. The molecule has 2 amide bonds. The van der Waals surface area contributed by atoms with Crippen molar-refractivity contribution in [3.05, 3.63) is 54.4 Å². The van der Waals surface area contributed by atoms with Crippen molar-refractivity contribution in [2.24, 2.45) is 0 Å². The van der Waals surface area contributed by atoms with Crippen molar-refractivity contribution in [2.75, 3.05) is 5.32 Å². The molecule has 0 aliphatic heterocycles. The van der Waals surface area contributed by atoms with E-state index in [4.69, 9.17) is 0 Å². The molecule has 1 fully saturated rings. The Balaban J connectivity index is 1.58. The number of hydrogen-bond acceptors (Lipinski definition) is 5. The maximum Gasteiger partial charge on any atom is 0.522 e. The summed E-state index contributed by atoms with van der Waals surface area (Å²) < 4.78 is 67.1. The van der Waals surface area contributed by atoms with E-state index in [-0.39, 0.29) is 30.7 Å². The summed E-state index contributed by atoms with van der Waals surface area (Å²) in [6.07, 6.45) is -2.15. The Morgan fingerprint density at radius 3 is 2.55 bits per heavy atom. The van der Waals surface area contributed by atoms with Crippen LogP contribution in [0.25, 0.3) is 0 Å². The van der Waals surface area contributed by atoms with E-state index in [1.165, 1.54) is 24.3 Å². The molecule has 3 rings (SSSR count). The Morgan fingerprint density at radius 1 is 1.16 bits per heavy atom. The fourth-order valence-electron chi connectivity index (χ4n) is 3.46. The third-order valence-corrected chi connectivity index (χ3v) is 7.17. The maximum absolute atomic E-state index is 12.8. The maximum atomic E-state index is 12.8. The van der Waals surface area contributed by atoms with E-state index < -0.39 is 33.6 Å². The van der Waals surface area contributed by atoms with Gasteiger partial charge in [-0.1, -0.05) is 6.07 Å². The van der Waals surface area contributed by atoms with E-state index in [1.807, 2.05) is 6.07 Å². The number of halogens is 3. The largest absolute Gasteiger partial charge is 0.522 e. The third kappa shape index (κ3) is 6.66. The molecule has 2 aromatic rings. The van der Waals surface area contributed by atoms with Crippen molar-refractivity contribution in [1.82, 2.24) is 10.3 Å². The van der Waals surface area contributed by atoms with Gasteiger partial charge in [-0.05, 0) is 61.6 Å². The molecule has 1 aromatic heterocycles. The number of nitrogens with one attached hydrogen (secondary N) is 2. The van der Waals surface area contributed by atoms with Gasteiger partial charge < -0.3 is 10.6 Å². The first kappa shape index (κ1) is 23.0. The molecule has 1 aliphatic rings. The standard InChI is InChI=1S/C20H22F3N3O4S/c21-20(22,23)30-16-4-1-5-18(11-16)31(28,29)17-8-6-15(7-9-17)26-19(27)25-13-14-3-2-10-24-12-14/h2-3,6-10,12,16,18H,1,4-5,11,13H2,(H2,25,26,27). The van der Waals surface area contributed by atoms with Crippen LogP contribution in [0.15, 0.2) is 53.7 Å². The van der Waals surface area contributed by atoms with E-state index >= 15 is 0 Å². The van der Waals surface area contributed by atoms with Crippen LogP contribution in [0.4, 0.5) is 23.7 Å². The average molecular weight is 457 g/mol. The van der Waals surface area contributed by atoms with Gasteiger partial charge in [-0.2, -0.15) is 0 Å². The molecule has 2 atom stereocenters. The number of anilines is 1. The zero-order valence-electron chi connectivity index (χ0n) is 16.4. The monoisotopic (exact) mass is 457 g/mol. The lowest BCUT2D eigenvalue weighted by Crippen LogP contribution is -2.35. The van der Waals surface area contributed by atoms with Crippen LogP contribution in [-0.2, 0) is 21.1 Å². The molecule has 7 nitrogen and oxygen atoms in total. The summed E-state index contributed by atoms with van der Waals surface area (Å²) in [4.78, 5) is 15.9. The van der Waals surface area contributed by atoms with Crippen molar-refractivity contribution in [2.45, 2.75) is 54.8 Å². The normalized spacial score (nSPS) is 19.6. The number of sulfone groups is 1. The second-order valence-corrected chi connectivity index (χ2v) is 9.44. The van der Waals surface area contributed by atoms with Gasteiger partial charge in [0.25, 0.3) is 0 Å². The summed E-state index contributed by atoms with van der Waals surface area (Å²) in [7, 11) is -3.82. The van der Waals surface area contributed by atoms with Gasteiger partial charge in [-0.25, -0.2) is 13.2 Å². The molecule has 1 aromatic carbocycles. The molecule has 11 heteroatoms. The number of rotatable bonds is 6. The SMILES string of the molecule is O=C(NCc1cccnc1)Nc1ccc(S(=O)(=O)C2CCCC(OC(F)(F)F)C2)cc1. The molecule has 0 spiro atoms. The summed E-state index contributed by atoms with van der Waals surface area (Å²) in [5.74, 6) is 0. The van der Waals surface area contributed by atoms with Crippen LogP contribution >= 0.6 is 0 Å². The lowest BCUT2D eigenvalue weighted by Gasteiger charge is -2.29.